The zero-order chi connectivity index (χ0) is 13.8. The largest absolute Gasteiger partial charge is 0.435 e. The van der Waals surface area contributed by atoms with Crippen LogP contribution in [-0.4, -0.2) is 36.5 Å². The van der Waals surface area contributed by atoms with Crippen LogP contribution in [0.25, 0.3) is 0 Å². The molecule has 1 amide bonds. The van der Waals surface area contributed by atoms with Gasteiger partial charge in [-0.25, -0.2) is 0 Å². The number of ether oxygens (including phenoxy) is 1. The summed E-state index contributed by atoms with van der Waals surface area (Å²) < 4.78 is 28.2. The number of rotatable bonds is 3. The second kappa shape index (κ2) is 7.40. The van der Waals surface area contributed by atoms with Gasteiger partial charge in [-0.2, -0.15) is 8.78 Å². The van der Waals surface area contributed by atoms with Crippen molar-refractivity contribution in [2.24, 2.45) is 5.73 Å². The van der Waals surface area contributed by atoms with Gasteiger partial charge in [0.2, 0.25) is 0 Å². The van der Waals surface area contributed by atoms with Gasteiger partial charge in [0.25, 0.3) is 5.91 Å². The number of hydrogen-bond donors (Lipinski definition) is 1. The number of nitrogens with zero attached hydrogens (tertiary/aromatic N) is 1. The van der Waals surface area contributed by atoms with Crippen molar-refractivity contribution >= 4 is 18.3 Å². The molecule has 0 aliphatic carbocycles. The van der Waals surface area contributed by atoms with Crippen molar-refractivity contribution in [1.82, 2.24) is 4.90 Å². The van der Waals surface area contributed by atoms with E-state index in [1.165, 1.54) is 24.3 Å². The van der Waals surface area contributed by atoms with Crippen LogP contribution in [-0.2, 0) is 0 Å². The Hall–Kier alpha value is -1.40. The maximum atomic E-state index is 12.1. The Labute approximate surface area is 122 Å². The van der Waals surface area contributed by atoms with Crippen LogP contribution in [0.2, 0.25) is 0 Å². The van der Waals surface area contributed by atoms with Gasteiger partial charge in [-0.3, -0.25) is 4.79 Å². The average molecular weight is 307 g/mol. The molecule has 2 N–H and O–H groups in total. The van der Waals surface area contributed by atoms with Crippen LogP contribution in [0.1, 0.15) is 23.2 Å². The van der Waals surface area contributed by atoms with E-state index in [0.717, 1.165) is 12.8 Å². The molecule has 4 nitrogen and oxygen atoms in total. The number of carbonyl (C=O) groups is 1. The van der Waals surface area contributed by atoms with Crippen molar-refractivity contribution in [2.75, 3.05) is 13.1 Å². The Balaban J connectivity index is 0.00000200. The van der Waals surface area contributed by atoms with Gasteiger partial charge < -0.3 is 15.4 Å². The van der Waals surface area contributed by atoms with E-state index in [1.807, 2.05) is 0 Å². The molecule has 1 heterocycles. The normalized spacial score (nSPS) is 15.9. The van der Waals surface area contributed by atoms with Crippen LogP contribution in [0, 0.1) is 0 Å². The number of benzene rings is 1. The minimum absolute atomic E-state index is 0. The number of carbonyl (C=O) groups excluding carboxylic acids is 1. The standard InChI is InChI=1S/C13H16F2N2O2.ClH/c14-13(15)19-11-3-1-9(2-4-11)12(18)17-7-5-10(16)6-8-17;/h1-4,10,13H,5-8,16H2;1H. The summed E-state index contributed by atoms with van der Waals surface area (Å²) in [6, 6.07) is 5.89. The van der Waals surface area contributed by atoms with Gasteiger partial charge in [-0.05, 0) is 37.1 Å². The van der Waals surface area contributed by atoms with E-state index in [9.17, 15) is 13.6 Å². The average Bonchev–Trinajstić information content (AvgIpc) is 2.39. The minimum atomic E-state index is -2.86. The van der Waals surface area contributed by atoms with Gasteiger partial charge in [0.15, 0.2) is 0 Å². The molecule has 112 valence electrons. The number of piperidine rings is 1. The lowest BCUT2D eigenvalue weighted by molar-refractivity contribution is -0.0498. The van der Waals surface area contributed by atoms with E-state index >= 15 is 0 Å². The Morgan fingerprint density at radius 1 is 1.25 bits per heavy atom. The smallest absolute Gasteiger partial charge is 0.387 e. The predicted octanol–water partition coefficient (Wildman–Crippen LogP) is 2.27. The first-order chi connectivity index (χ1) is 9.06. The Morgan fingerprint density at radius 2 is 1.80 bits per heavy atom. The molecule has 20 heavy (non-hydrogen) atoms. The highest BCUT2D eigenvalue weighted by molar-refractivity contribution is 5.94. The lowest BCUT2D eigenvalue weighted by atomic mass is 10.0. The topological polar surface area (TPSA) is 55.6 Å². The molecule has 1 aromatic carbocycles. The summed E-state index contributed by atoms with van der Waals surface area (Å²) in [6.07, 6.45) is 1.58. The van der Waals surface area contributed by atoms with Crippen LogP contribution < -0.4 is 10.5 Å². The van der Waals surface area contributed by atoms with E-state index in [4.69, 9.17) is 5.73 Å². The minimum Gasteiger partial charge on any atom is -0.435 e. The Bertz CT molecular complexity index is 435. The van der Waals surface area contributed by atoms with Crippen molar-refractivity contribution in [2.45, 2.75) is 25.5 Å². The monoisotopic (exact) mass is 306 g/mol. The quantitative estimate of drug-likeness (QED) is 0.932. The first kappa shape index (κ1) is 16.7. The molecular weight excluding hydrogens is 290 g/mol. The summed E-state index contributed by atoms with van der Waals surface area (Å²) in [6.45, 7) is -1.59. The first-order valence-electron chi connectivity index (χ1n) is 6.16. The fraction of sp³-hybridized carbons (Fsp3) is 0.462. The van der Waals surface area contributed by atoms with Crippen molar-refractivity contribution in [3.63, 3.8) is 0 Å². The van der Waals surface area contributed by atoms with Crippen LogP contribution in [0.15, 0.2) is 24.3 Å². The van der Waals surface area contributed by atoms with Crippen molar-refractivity contribution in [3.05, 3.63) is 29.8 Å². The van der Waals surface area contributed by atoms with Gasteiger partial charge in [-0.1, -0.05) is 0 Å². The summed E-state index contributed by atoms with van der Waals surface area (Å²) in [5.74, 6) is -0.0530. The summed E-state index contributed by atoms with van der Waals surface area (Å²) in [5, 5.41) is 0. The number of likely N-dealkylation sites (tertiary alicyclic amines) is 1. The highest BCUT2D eigenvalue weighted by Gasteiger charge is 2.21. The molecule has 0 bridgehead atoms. The molecule has 1 saturated heterocycles. The lowest BCUT2D eigenvalue weighted by Crippen LogP contribution is -2.42. The maximum absolute atomic E-state index is 12.1. The summed E-state index contributed by atoms with van der Waals surface area (Å²) >= 11 is 0. The third-order valence-corrected chi connectivity index (χ3v) is 3.15. The van der Waals surface area contributed by atoms with E-state index in [1.54, 1.807) is 4.90 Å². The number of hydrogen-bond acceptors (Lipinski definition) is 3. The highest BCUT2D eigenvalue weighted by atomic mass is 35.5. The third kappa shape index (κ3) is 4.31. The first-order valence-corrected chi connectivity index (χ1v) is 6.16. The SMILES string of the molecule is Cl.NC1CCN(C(=O)c2ccc(OC(F)F)cc2)CC1. The number of halogens is 3. The predicted molar refractivity (Wildman–Crippen MR) is 73.4 cm³/mol. The fourth-order valence-electron chi connectivity index (χ4n) is 2.06. The molecule has 0 spiro atoms. The molecule has 1 fully saturated rings. The molecule has 0 unspecified atom stereocenters. The summed E-state index contributed by atoms with van der Waals surface area (Å²) in [4.78, 5) is 13.9. The van der Waals surface area contributed by atoms with Gasteiger partial charge >= 0.3 is 6.61 Å². The number of nitrogens with two attached hydrogens (primary N) is 1. The second-order valence-electron chi connectivity index (χ2n) is 4.53. The van der Waals surface area contributed by atoms with E-state index in [2.05, 4.69) is 4.74 Å². The molecule has 1 aliphatic heterocycles. The van der Waals surface area contributed by atoms with Crippen LogP contribution in [0.3, 0.4) is 0 Å². The molecule has 1 aromatic rings. The third-order valence-electron chi connectivity index (χ3n) is 3.15. The summed E-state index contributed by atoms with van der Waals surface area (Å²) in [5.41, 5.74) is 6.25. The molecule has 0 saturated carbocycles. The van der Waals surface area contributed by atoms with Gasteiger partial charge in [0.1, 0.15) is 5.75 Å². The number of amides is 1. The molecule has 1 aliphatic rings. The van der Waals surface area contributed by atoms with Crippen molar-refractivity contribution < 1.29 is 18.3 Å². The summed E-state index contributed by atoms with van der Waals surface area (Å²) in [7, 11) is 0. The fourth-order valence-corrected chi connectivity index (χ4v) is 2.06. The molecular formula is C13H17ClF2N2O2. The van der Waals surface area contributed by atoms with E-state index < -0.39 is 6.61 Å². The van der Waals surface area contributed by atoms with Crippen molar-refractivity contribution in [1.29, 1.82) is 0 Å². The van der Waals surface area contributed by atoms with Gasteiger partial charge in [0, 0.05) is 24.7 Å². The Morgan fingerprint density at radius 3 is 2.30 bits per heavy atom. The van der Waals surface area contributed by atoms with Gasteiger partial charge in [0.05, 0.1) is 0 Å². The van der Waals surface area contributed by atoms with E-state index in [-0.39, 0.29) is 30.1 Å². The zero-order valence-electron chi connectivity index (χ0n) is 10.8. The van der Waals surface area contributed by atoms with Crippen LogP contribution >= 0.6 is 12.4 Å². The van der Waals surface area contributed by atoms with Crippen LogP contribution in [0.5, 0.6) is 5.75 Å². The van der Waals surface area contributed by atoms with Gasteiger partial charge in [-0.15, -0.1) is 12.4 Å². The molecule has 2 rings (SSSR count). The molecule has 0 radical (unpaired) electrons. The lowest BCUT2D eigenvalue weighted by Gasteiger charge is -2.30. The molecule has 0 aromatic heterocycles. The number of alkyl halides is 2. The molecule has 0 atom stereocenters. The second-order valence-corrected chi connectivity index (χ2v) is 4.53. The zero-order valence-corrected chi connectivity index (χ0v) is 11.6. The molecule has 7 heteroatoms. The maximum Gasteiger partial charge on any atom is 0.387 e. The van der Waals surface area contributed by atoms with Crippen molar-refractivity contribution in [3.8, 4) is 5.75 Å². The van der Waals surface area contributed by atoms with Crippen LogP contribution in [0.4, 0.5) is 8.78 Å². The van der Waals surface area contributed by atoms with E-state index in [0.29, 0.717) is 18.7 Å². The highest BCUT2D eigenvalue weighted by Crippen LogP contribution is 2.17. The Kier molecular flexibility index (Phi) is 6.16.